The van der Waals surface area contributed by atoms with Crippen LogP contribution in [0.5, 0.6) is 0 Å². The minimum atomic E-state index is -2.47. The molecule has 43 heteroatoms. The molecule has 7 heterocycles. The number of aromatic nitrogens is 1. The predicted octanol–water partition coefficient (Wildman–Crippen LogP) is -9.15. The van der Waals surface area contributed by atoms with E-state index in [9.17, 15) is 99.9 Å². The number of carboxylic acids is 1. The monoisotopic (exact) mass is 1550 g/mol. The van der Waals surface area contributed by atoms with Crippen molar-refractivity contribution in [3.8, 4) is 0 Å². The van der Waals surface area contributed by atoms with E-state index in [1.807, 2.05) is 0 Å². The molecule has 0 saturated carbocycles. The lowest BCUT2D eigenvalue weighted by Crippen LogP contribution is -2.71. The van der Waals surface area contributed by atoms with Gasteiger partial charge in [0.2, 0.25) is 17.7 Å². The summed E-state index contributed by atoms with van der Waals surface area (Å²) in [4.78, 5) is 99.4. The number of carbonyl (C=O) groups is 7. The first-order chi connectivity index (χ1) is 49.4. The normalized spacial score (nSPS) is 38.5. The second-order valence-electron chi connectivity index (χ2n) is 25.3. The summed E-state index contributed by atoms with van der Waals surface area (Å²) < 4.78 is 76.6. The highest BCUT2D eigenvalue weighted by atomic mass is 33.1. The molecule has 592 valence electrons. The fourth-order valence-corrected chi connectivity index (χ4v) is 15.0. The van der Waals surface area contributed by atoms with Crippen LogP contribution in [0.4, 0.5) is 0 Å². The van der Waals surface area contributed by atoms with Gasteiger partial charge >= 0.3 is 11.9 Å². The van der Waals surface area contributed by atoms with Gasteiger partial charge in [-0.1, -0.05) is 23.8 Å². The third-order valence-electron chi connectivity index (χ3n) is 17.5. The second-order valence-corrected chi connectivity index (χ2v) is 29.1. The first kappa shape index (κ1) is 86.7. The summed E-state index contributed by atoms with van der Waals surface area (Å²) in [6, 6.07) is 0.258. The standard InChI is InChI=1S/C61H97N7O33S3/c1-9-30(56(88)90-17-16-68(6)7)102-18-14-63-54(85)51-48(97-57-33(66-25(4)73)45(36(76)28(21-70)92-57)95-59-41(81)38(78)47(89-8)50(99-59)53(84)64-15-19-103-104-31-12-10-11-13-62-31)39(79)42(82)60(100-51)96-46-34(67-26(5)74)58(93-29(22-71)37(46)77)98-49-40(80)43(83)61(101-52(49)55(86)87)94-44-32(65-24(3)72)23(2)91-27(20-69)35(44)75/h10-13,23,27-30,32-52,57-61,69-71,75-83H,9,14-22H2,1-8H3,(H,63,85)(H,64,84)(H,65,72)(H,66,73)(H,67,74)(H,86,87)/t23-,27?,28?,29?,30?,32+,33-,34-,35+,36+,37+,38?,39?,40?,41-,42-,43-,44?,45?,46?,47-,48-,49-,50?,51?,52?,57-,58-,59+,60+,61+/m0/s1. The molecule has 0 bridgehead atoms. The molecule has 13 unspecified atom stereocenters. The lowest BCUT2D eigenvalue weighted by atomic mass is 9.92. The van der Waals surface area contributed by atoms with Gasteiger partial charge in [-0.25, -0.2) is 9.78 Å². The minimum absolute atomic E-state index is 0.0113. The maximum Gasteiger partial charge on any atom is 0.335 e. The summed E-state index contributed by atoms with van der Waals surface area (Å²) in [6.45, 7) is 3.55. The van der Waals surface area contributed by atoms with Crippen LogP contribution in [0.15, 0.2) is 29.4 Å². The van der Waals surface area contributed by atoms with E-state index in [-0.39, 0.29) is 25.4 Å². The number of methoxy groups -OCH3 is 1. The first-order valence-electron chi connectivity index (χ1n) is 33.3. The molecule has 104 heavy (non-hydrogen) atoms. The highest BCUT2D eigenvalue weighted by Crippen LogP contribution is 2.38. The SMILES string of the molecule is CCC(SCCNC(=O)C1O[C@@H](OC2[C@H](O)C(CO)O[C@@H](O[C@@H]3C(C(=O)O)O[C@@H](OC4[C@H](O)C(CO)O[C@@H](C)[C@H]4NC(C)=O)[C@@H](O)C3O)[C@H]2NC(C)=O)[C@@H](O)C(O)[C@@H]1O[C@@H]1OC(CO)[C@@H](O)C(O[C@@H]2OC(C(=O)NCCSSc3ccccn3)[C@@H](OC)C(O)[C@@H]2O)[C@@H]1NC(C)=O)C(=O)OCCN(C)C. The van der Waals surface area contributed by atoms with Crippen molar-refractivity contribution in [3.05, 3.63) is 24.4 Å². The number of aliphatic hydroxyl groups excluding tert-OH is 12. The van der Waals surface area contributed by atoms with Gasteiger partial charge in [-0.2, -0.15) is 0 Å². The molecular weight excluding hydrogens is 1450 g/mol. The molecule has 6 aliphatic heterocycles. The van der Waals surface area contributed by atoms with Crippen LogP contribution in [-0.2, 0) is 95.1 Å². The van der Waals surface area contributed by atoms with Crippen molar-refractivity contribution in [2.45, 2.75) is 235 Å². The average Bonchev–Trinajstić information content (AvgIpc) is 0.763. The van der Waals surface area contributed by atoms with Crippen molar-refractivity contribution in [1.29, 1.82) is 0 Å². The summed E-state index contributed by atoms with van der Waals surface area (Å²) in [6.07, 6.45) is -52.6. The van der Waals surface area contributed by atoms with Crippen molar-refractivity contribution >= 4 is 74.8 Å². The largest absolute Gasteiger partial charge is 0.479 e. The third kappa shape index (κ3) is 22.1. The number of carboxylic acid groups (broad SMARTS) is 1. The zero-order valence-corrected chi connectivity index (χ0v) is 60.3. The molecule has 31 atom stereocenters. The van der Waals surface area contributed by atoms with Gasteiger partial charge in [0.15, 0.2) is 49.8 Å². The fraction of sp³-hybridized carbons (Fsp3) is 0.803. The number of nitrogens with one attached hydrogen (secondary N) is 5. The van der Waals surface area contributed by atoms with Crippen LogP contribution < -0.4 is 26.6 Å². The number of thioether (sulfide) groups is 1. The number of ether oxygens (including phenoxy) is 13. The number of amides is 5. The number of carbonyl (C=O) groups excluding carboxylic acids is 6. The Hall–Kier alpha value is -4.51. The molecule has 0 aliphatic carbocycles. The number of nitrogens with zero attached hydrogens (tertiary/aromatic N) is 2. The van der Waals surface area contributed by atoms with Crippen molar-refractivity contribution in [3.63, 3.8) is 0 Å². The zero-order valence-electron chi connectivity index (χ0n) is 57.9. The molecule has 5 amide bonds. The number of hydrogen-bond donors (Lipinski definition) is 18. The Morgan fingerprint density at radius 3 is 1.40 bits per heavy atom. The molecule has 0 aromatic carbocycles. The minimum Gasteiger partial charge on any atom is -0.479 e. The van der Waals surface area contributed by atoms with E-state index in [0.29, 0.717) is 23.7 Å². The van der Waals surface area contributed by atoms with E-state index in [2.05, 4.69) is 31.6 Å². The van der Waals surface area contributed by atoms with E-state index < -0.39 is 250 Å². The Bertz CT molecular complexity index is 2920. The highest BCUT2D eigenvalue weighted by Gasteiger charge is 2.60. The fourth-order valence-electron chi connectivity index (χ4n) is 12.2. The van der Waals surface area contributed by atoms with Crippen molar-refractivity contribution in [1.82, 2.24) is 36.5 Å². The van der Waals surface area contributed by atoms with Crippen LogP contribution in [0, 0.1) is 0 Å². The van der Waals surface area contributed by atoms with Gasteiger partial charge < -0.3 is 159 Å². The van der Waals surface area contributed by atoms with Gasteiger partial charge in [-0.15, -0.1) is 11.8 Å². The quantitative estimate of drug-likeness (QED) is 0.0173. The lowest BCUT2D eigenvalue weighted by Gasteiger charge is -2.51. The molecule has 6 fully saturated rings. The van der Waals surface area contributed by atoms with Crippen molar-refractivity contribution in [2.75, 3.05) is 78.8 Å². The van der Waals surface area contributed by atoms with Gasteiger partial charge in [0.25, 0.3) is 11.8 Å². The molecular formula is C61H97N7O33S3. The van der Waals surface area contributed by atoms with E-state index in [4.69, 9.17) is 61.6 Å². The number of likely N-dealkylation sites (N-methyl/N-ethyl adjacent to an activating group) is 1. The number of rotatable bonds is 34. The van der Waals surface area contributed by atoms with Gasteiger partial charge in [-0.05, 0) is 50.4 Å². The van der Waals surface area contributed by atoms with Gasteiger partial charge in [0.05, 0.1) is 32.0 Å². The number of hydrogen-bond acceptors (Lipinski definition) is 37. The molecule has 0 spiro atoms. The first-order valence-corrected chi connectivity index (χ1v) is 36.7. The molecule has 6 aliphatic rings. The second kappa shape index (κ2) is 40.8. The van der Waals surface area contributed by atoms with E-state index >= 15 is 0 Å². The Morgan fingerprint density at radius 1 is 0.548 bits per heavy atom. The van der Waals surface area contributed by atoms with Crippen LogP contribution >= 0.6 is 33.3 Å². The van der Waals surface area contributed by atoms with Crippen LogP contribution in [0.2, 0.25) is 0 Å². The van der Waals surface area contributed by atoms with Crippen LogP contribution in [0.1, 0.15) is 41.0 Å². The number of esters is 1. The van der Waals surface area contributed by atoms with E-state index in [1.165, 1.54) is 28.5 Å². The molecule has 1 aromatic rings. The summed E-state index contributed by atoms with van der Waals surface area (Å²) in [5.74, 6) is -6.61. The van der Waals surface area contributed by atoms with Gasteiger partial charge in [0, 0.05) is 65.2 Å². The van der Waals surface area contributed by atoms with Crippen LogP contribution in [0.25, 0.3) is 0 Å². The van der Waals surface area contributed by atoms with E-state index in [0.717, 1.165) is 39.6 Å². The maximum absolute atomic E-state index is 14.8. The predicted molar refractivity (Wildman–Crippen MR) is 353 cm³/mol. The average molecular weight is 1550 g/mol. The summed E-state index contributed by atoms with van der Waals surface area (Å²) in [5, 5.41) is 160. The van der Waals surface area contributed by atoms with Gasteiger partial charge in [-0.3, -0.25) is 28.8 Å². The van der Waals surface area contributed by atoms with E-state index in [1.54, 1.807) is 50.3 Å². The van der Waals surface area contributed by atoms with Crippen LogP contribution in [-0.4, -0.2) is 386 Å². The summed E-state index contributed by atoms with van der Waals surface area (Å²) >= 11 is 1.09. The molecule has 18 N–H and O–H groups in total. The topological polar surface area (TPSA) is 579 Å². The van der Waals surface area contributed by atoms with Crippen LogP contribution in [0.3, 0.4) is 0 Å². The molecule has 1 aromatic heterocycles. The number of aliphatic hydroxyl groups is 12. The third-order valence-corrected chi connectivity index (χ3v) is 21.1. The Balaban J connectivity index is 1.17. The smallest absolute Gasteiger partial charge is 0.335 e. The summed E-state index contributed by atoms with van der Waals surface area (Å²) in [7, 11) is 7.39. The number of pyridine rings is 1. The Kier molecular flexibility index (Phi) is 34.0. The lowest BCUT2D eigenvalue weighted by molar-refractivity contribution is -0.375. The zero-order chi connectivity index (χ0) is 76.5. The highest BCUT2D eigenvalue weighted by molar-refractivity contribution is 8.76. The molecule has 40 nitrogen and oxygen atoms in total. The van der Waals surface area contributed by atoms with Gasteiger partial charge in [0.1, 0.15) is 139 Å². The maximum atomic E-state index is 14.8. The van der Waals surface area contributed by atoms with Crippen molar-refractivity contribution < 1.29 is 162 Å². The van der Waals surface area contributed by atoms with Crippen molar-refractivity contribution in [2.24, 2.45) is 0 Å². The summed E-state index contributed by atoms with van der Waals surface area (Å²) in [5.41, 5.74) is 0. The number of aliphatic carboxylic acids is 1. The molecule has 6 saturated heterocycles. The Morgan fingerprint density at radius 2 is 0.971 bits per heavy atom. The Labute approximate surface area is 608 Å². The molecule has 7 rings (SSSR count). The molecule has 0 radical (unpaired) electrons.